The average molecular weight is 370 g/mol. The molecular formula is C20H26N4O3. The second-order valence-electron chi connectivity index (χ2n) is 7.05. The Kier molecular flexibility index (Phi) is 5.88. The number of carbonyl (C=O) groups excluding carboxylic acids is 3. The van der Waals surface area contributed by atoms with Gasteiger partial charge in [0.2, 0.25) is 17.6 Å². The largest absolute Gasteiger partial charge is 0.345 e. The Morgan fingerprint density at radius 3 is 2.81 bits per heavy atom. The summed E-state index contributed by atoms with van der Waals surface area (Å²) in [6.45, 7) is 3.98. The van der Waals surface area contributed by atoms with Crippen molar-refractivity contribution in [1.82, 2.24) is 20.2 Å². The van der Waals surface area contributed by atoms with Gasteiger partial charge in [0.15, 0.2) is 5.82 Å². The van der Waals surface area contributed by atoms with Crippen molar-refractivity contribution in [1.29, 1.82) is 0 Å². The maximum Gasteiger partial charge on any atom is 0.245 e. The Morgan fingerprint density at radius 1 is 1.33 bits per heavy atom. The van der Waals surface area contributed by atoms with Gasteiger partial charge in [0, 0.05) is 13.5 Å². The molecule has 1 aliphatic heterocycles. The topological polar surface area (TPSA) is 95.2 Å². The van der Waals surface area contributed by atoms with Crippen LogP contribution in [0.3, 0.4) is 0 Å². The molecule has 144 valence electrons. The second kappa shape index (κ2) is 8.33. The molecule has 0 saturated carbocycles. The summed E-state index contributed by atoms with van der Waals surface area (Å²) in [5.74, 6) is -0.297. The number of hydrogen-bond donors (Lipinski definition) is 2. The number of likely N-dealkylation sites (tertiary alicyclic amines) is 1. The fraction of sp³-hybridized carbons (Fsp3) is 0.500. The van der Waals surface area contributed by atoms with Gasteiger partial charge in [-0.25, -0.2) is 4.98 Å². The molecule has 1 aromatic heterocycles. The van der Waals surface area contributed by atoms with Crippen LogP contribution in [0.1, 0.15) is 56.6 Å². The normalized spacial score (nSPS) is 17.9. The lowest BCUT2D eigenvalue weighted by atomic mass is 10.1. The summed E-state index contributed by atoms with van der Waals surface area (Å²) < 4.78 is 0. The molecule has 27 heavy (non-hydrogen) atoms. The minimum absolute atomic E-state index is 0.172. The summed E-state index contributed by atoms with van der Waals surface area (Å²) in [5.41, 5.74) is 1.53. The molecule has 0 bridgehead atoms. The highest BCUT2D eigenvalue weighted by Crippen LogP contribution is 2.23. The summed E-state index contributed by atoms with van der Waals surface area (Å²) in [6, 6.07) is 6.36. The van der Waals surface area contributed by atoms with E-state index in [9.17, 15) is 14.4 Å². The molecule has 7 nitrogen and oxygen atoms in total. The van der Waals surface area contributed by atoms with Crippen LogP contribution in [0.25, 0.3) is 11.0 Å². The molecule has 2 amide bonds. The third kappa shape index (κ3) is 4.18. The first-order chi connectivity index (χ1) is 13.0. The second-order valence-corrected chi connectivity index (χ2v) is 7.05. The molecule has 1 aromatic carbocycles. The zero-order chi connectivity index (χ0) is 19.4. The van der Waals surface area contributed by atoms with Gasteiger partial charge in [-0.2, -0.15) is 0 Å². The van der Waals surface area contributed by atoms with Gasteiger partial charge in [-0.1, -0.05) is 31.9 Å². The number of nitrogens with zero attached hydrogens (tertiary/aromatic N) is 2. The first kappa shape index (κ1) is 19.1. The van der Waals surface area contributed by atoms with Crippen LogP contribution in [-0.2, 0) is 9.59 Å². The van der Waals surface area contributed by atoms with E-state index in [1.165, 1.54) is 6.92 Å². The Labute approximate surface area is 158 Å². The molecule has 0 radical (unpaired) electrons. The molecule has 0 spiro atoms. The predicted molar refractivity (Wildman–Crippen MR) is 102 cm³/mol. The number of imidazole rings is 1. The standard InChI is InChI=1S/C20H26N4O3/c1-3-4-8-16(21-13(2)25)20(27)24-12-7-11-17(24)18(26)19-22-14-9-5-6-10-15(14)23-19/h5-6,9-10,16-17H,3-4,7-8,11-12H2,1-2H3,(H,21,25)(H,22,23)/t16-,17-/m0/s1. The number of ketones is 1. The van der Waals surface area contributed by atoms with Crippen LogP contribution in [0, 0.1) is 0 Å². The Morgan fingerprint density at radius 2 is 2.11 bits per heavy atom. The highest BCUT2D eigenvalue weighted by molar-refractivity contribution is 6.02. The van der Waals surface area contributed by atoms with Crippen LogP contribution < -0.4 is 5.32 Å². The Bertz CT molecular complexity index is 812. The van der Waals surface area contributed by atoms with E-state index in [1.54, 1.807) is 4.90 Å². The van der Waals surface area contributed by atoms with Crippen molar-refractivity contribution in [2.75, 3.05) is 6.54 Å². The molecule has 1 aliphatic rings. The van der Waals surface area contributed by atoms with Gasteiger partial charge in [-0.3, -0.25) is 14.4 Å². The number of fused-ring (bicyclic) bond motifs is 1. The van der Waals surface area contributed by atoms with Gasteiger partial charge in [-0.05, 0) is 31.4 Å². The first-order valence-corrected chi connectivity index (χ1v) is 9.57. The fourth-order valence-electron chi connectivity index (χ4n) is 3.64. The van der Waals surface area contributed by atoms with Gasteiger partial charge < -0.3 is 15.2 Å². The maximum atomic E-state index is 13.0. The lowest BCUT2D eigenvalue weighted by molar-refractivity contribution is -0.136. The van der Waals surface area contributed by atoms with Gasteiger partial charge in [-0.15, -0.1) is 0 Å². The van der Waals surface area contributed by atoms with Crippen LogP contribution in [0.5, 0.6) is 0 Å². The minimum atomic E-state index is -0.577. The molecule has 7 heteroatoms. The van der Waals surface area contributed by atoms with E-state index < -0.39 is 12.1 Å². The van der Waals surface area contributed by atoms with Crippen molar-refractivity contribution in [2.45, 2.75) is 58.0 Å². The molecule has 1 saturated heterocycles. The van der Waals surface area contributed by atoms with Crippen molar-refractivity contribution >= 4 is 28.6 Å². The van der Waals surface area contributed by atoms with Crippen molar-refractivity contribution in [3.63, 3.8) is 0 Å². The fourth-order valence-corrected chi connectivity index (χ4v) is 3.64. The van der Waals surface area contributed by atoms with Gasteiger partial charge in [0.05, 0.1) is 17.1 Å². The molecule has 1 fully saturated rings. The monoisotopic (exact) mass is 370 g/mol. The number of Topliss-reactive ketones (excluding diaryl/α,β-unsaturated/α-hetero) is 1. The number of H-pyrrole nitrogens is 1. The van der Waals surface area contributed by atoms with Gasteiger partial charge in [0.25, 0.3) is 0 Å². The van der Waals surface area contributed by atoms with E-state index in [-0.39, 0.29) is 23.4 Å². The number of para-hydroxylation sites is 2. The highest BCUT2D eigenvalue weighted by Gasteiger charge is 2.38. The van der Waals surface area contributed by atoms with Gasteiger partial charge >= 0.3 is 0 Å². The molecule has 2 aromatic rings. The molecule has 3 rings (SSSR count). The van der Waals surface area contributed by atoms with Gasteiger partial charge in [0.1, 0.15) is 6.04 Å². The van der Waals surface area contributed by atoms with Crippen LogP contribution in [0.2, 0.25) is 0 Å². The number of nitrogens with one attached hydrogen (secondary N) is 2. The van der Waals surface area contributed by atoms with E-state index in [0.717, 1.165) is 30.3 Å². The van der Waals surface area contributed by atoms with Crippen LogP contribution in [-0.4, -0.2) is 51.1 Å². The lowest BCUT2D eigenvalue weighted by Crippen LogP contribution is -2.51. The summed E-state index contributed by atoms with van der Waals surface area (Å²) >= 11 is 0. The third-order valence-electron chi connectivity index (χ3n) is 4.98. The number of carbonyl (C=O) groups is 3. The summed E-state index contributed by atoms with van der Waals surface area (Å²) in [5, 5.41) is 2.75. The first-order valence-electron chi connectivity index (χ1n) is 9.57. The van der Waals surface area contributed by atoms with E-state index in [0.29, 0.717) is 19.4 Å². The number of aromatic amines is 1. The van der Waals surface area contributed by atoms with E-state index >= 15 is 0 Å². The summed E-state index contributed by atoms with van der Waals surface area (Å²) in [7, 11) is 0. The molecule has 0 unspecified atom stereocenters. The van der Waals surface area contributed by atoms with E-state index in [4.69, 9.17) is 0 Å². The predicted octanol–water partition coefficient (Wildman–Crippen LogP) is 2.43. The number of benzene rings is 1. The molecular weight excluding hydrogens is 344 g/mol. The van der Waals surface area contributed by atoms with E-state index in [1.807, 2.05) is 31.2 Å². The Hall–Kier alpha value is -2.70. The molecule has 2 N–H and O–H groups in total. The third-order valence-corrected chi connectivity index (χ3v) is 4.98. The van der Waals surface area contributed by atoms with Crippen molar-refractivity contribution in [3.8, 4) is 0 Å². The zero-order valence-electron chi connectivity index (χ0n) is 15.8. The van der Waals surface area contributed by atoms with Crippen LogP contribution in [0.15, 0.2) is 24.3 Å². The zero-order valence-corrected chi connectivity index (χ0v) is 15.8. The average Bonchev–Trinajstić information content (AvgIpc) is 3.30. The van der Waals surface area contributed by atoms with Crippen LogP contribution >= 0.6 is 0 Å². The lowest BCUT2D eigenvalue weighted by Gasteiger charge is -2.28. The van der Waals surface area contributed by atoms with Crippen molar-refractivity contribution < 1.29 is 14.4 Å². The number of amides is 2. The number of aromatic nitrogens is 2. The smallest absolute Gasteiger partial charge is 0.245 e. The minimum Gasteiger partial charge on any atom is -0.345 e. The summed E-state index contributed by atoms with van der Waals surface area (Å²) in [6.07, 6.45) is 3.74. The quantitative estimate of drug-likeness (QED) is 0.732. The number of unbranched alkanes of at least 4 members (excludes halogenated alkanes) is 1. The SMILES string of the molecule is CCCC[C@H](NC(C)=O)C(=O)N1CCC[C@H]1C(=O)c1nc2ccccc2[nH]1. The Balaban J connectivity index is 1.79. The van der Waals surface area contributed by atoms with E-state index in [2.05, 4.69) is 15.3 Å². The number of rotatable bonds is 7. The molecule has 2 heterocycles. The maximum absolute atomic E-state index is 13.0. The molecule has 2 atom stereocenters. The van der Waals surface area contributed by atoms with Crippen LogP contribution in [0.4, 0.5) is 0 Å². The summed E-state index contributed by atoms with van der Waals surface area (Å²) in [4.78, 5) is 46.6. The molecule has 0 aliphatic carbocycles. The highest BCUT2D eigenvalue weighted by atomic mass is 16.2. The number of hydrogen-bond acceptors (Lipinski definition) is 4. The van der Waals surface area contributed by atoms with Crippen molar-refractivity contribution in [2.24, 2.45) is 0 Å². The van der Waals surface area contributed by atoms with Crippen molar-refractivity contribution in [3.05, 3.63) is 30.1 Å².